The Balaban J connectivity index is 1.84. The number of likely N-dealkylation sites (tertiary alicyclic amines) is 1. The van der Waals surface area contributed by atoms with Gasteiger partial charge in [-0.15, -0.1) is 0 Å². The molecule has 122 valence electrons. The lowest BCUT2D eigenvalue weighted by Crippen LogP contribution is -2.39. The molecule has 0 aromatic heterocycles. The zero-order chi connectivity index (χ0) is 15.1. The predicted molar refractivity (Wildman–Crippen MR) is 87.9 cm³/mol. The molecule has 0 spiro atoms. The topological polar surface area (TPSA) is 46.3 Å². The first-order chi connectivity index (χ1) is 10.2. The van der Waals surface area contributed by atoms with Crippen molar-refractivity contribution < 1.29 is 4.79 Å². The standard InChI is InChI=1S/C18H34N2O/c1-2-5-15-7-4-12-20(13-10-15)18(21)17-8-3-6-16(14-17)9-11-19/h15-17H,2-14,19H2,1H3. The SMILES string of the molecule is CCCC1CCCN(C(=O)C2CCCC(CCN)C2)CC1. The molecule has 1 aliphatic carbocycles. The summed E-state index contributed by atoms with van der Waals surface area (Å²) in [6, 6.07) is 0. The molecular formula is C18H34N2O. The molecule has 2 aliphatic rings. The molecule has 21 heavy (non-hydrogen) atoms. The Morgan fingerprint density at radius 2 is 1.86 bits per heavy atom. The van der Waals surface area contributed by atoms with Crippen LogP contribution in [-0.2, 0) is 4.79 Å². The number of carbonyl (C=O) groups is 1. The van der Waals surface area contributed by atoms with E-state index >= 15 is 0 Å². The first-order valence-electron chi connectivity index (χ1n) is 9.23. The van der Waals surface area contributed by atoms with Gasteiger partial charge in [0.05, 0.1) is 0 Å². The molecule has 2 rings (SSSR count). The third-order valence-electron chi connectivity index (χ3n) is 5.56. The fourth-order valence-corrected chi connectivity index (χ4v) is 4.35. The average Bonchev–Trinajstić information content (AvgIpc) is 2.73. The number of hydrogen-bond donors (Lipinski definition) is 1. The molecule has 0 bridgehead atoms. The lowest BCUT2D eigenvalue weighted by atomic mass is 9.79. The number of nitrogens with two attached hydrogens (primary N) is 1. The van der Waals surface area contributed by atoms with Crippen LogP contribution in [0, 0.1) is 17.8 Å². The van der Waals surface area contributed by atoms with Gasteiger partial charge in [0, 0.05) is 19.0 Å². The van der Waals surface area contributed by atoms with E-state index in [1.54, 1.807) is 0 Å². The van der Waals surface area contributed by atoms with Crippen LogP contribution in [0.3, 0.4) is 0 Å². The van der Waals surface area contributed by atoms with Crippen LogP contribution in [-0.4, -0.2) is 30.4 Å². The van der Waals surface area contributed by atoms with Crippen LogP contribution in [0.1, 0.15) is 71.1 Å². The van der Waals surface area contributed by atoms with Gasteiger partial charge in [-0.2, -0.15) is 0 Å². The normalized spacial score (nSPS) is 31.0. The maximum atomic E-state index is 12.8. The van der Waals surface area contributed by atoms with E-state index in [0.29, 0.717) is 11.8 Å². The van der Waals surface area contributed by atoms with Gasteiger partial charge in [0.2, 0.25) is 5.91 Å². The third-order valence-corrected chi connectivity index (χ3v) is 5.56. The molecule has 2 fully saturated rings. The van der Waals surface area contributed by atoms with E-state index in [9.17, 15) is 4.79 Å². The predicted octanol–water partition coefficient (Wildman–Crippen LogP) is 3.57. The molecule has 2 N–H and O–H groups in total. The minimum Gasteiger partial charge on any atom is -0.342 e. The minimum atomic E-state index is 0.290. The maximum absolute atomic E-state index is 12.8. The van der Waals surface area contributed by atoms with E-state index in [2.05, 4.69) is 11.8 Å². The number of amides is 1. The summed E-state index contributed by atoms with van der Waals surface area (Å²) in [5.74, 6) is 2.29. The highest BCUT2D eigenvalue weighted by Crippen LogP contribution is 2.33. The second-order valence-corrected chi connectivity index (χ2v) is 7.22. The van der Waals surface area contributed by atoms with E-state index in [0.717, 1.165) is 44.8 Å². The first-order valence-corrected chi connectivity index (χ1v) is 9.23. The number of carbonyl (C=O) groups excluding carboxylic acids is 1. The van der Waals surface area contributed by atoms with Crippen molar-refractivity contribution in [1.82, 2.24) is 4.90 Å². The fraction of sp³-hybridized carbons (Fsp3) is 0.944. The van der Waals surface area contributed by atoms with Gasteiger partial charge < -0.3 is 10.6 Å². The molecule has 3 atom stereocenters. The van der Waals surface area contributed by atoms with Crippen molar-refractivity contribution in [2.24, 2.45) is 23.5 Å². The largest absolute Gasteiger partial charge is 0.342 e. The van der Waals surface area contributed by atoms with E-state index in [-0.39, 0.29) is 5.92 Å². The van der Waals surface area contributed by atoms with Gasteiger partial charge in [0.15, 0.2) is 0 Å². The van der Waals surface area contributed by atoms with E-state index in [1.165, 1.54) is 44.9 Å². The van der Waals surface area contributed by atoms with Crippen LogP contribution < -0.4 is 5.73 Å². The van der Waals surface area contributed by atoms with E-state index in [1.807, 2.05) is 0 Å². The highest BCUT2D eigenvalue weighted by atomic mass is 16.2. The monoisotopic (exact) mass is 294 g/mol. The van der Waals surface area contributed by atoms with Crippen molar-refractivity contribution in [2.75, 3.05) is 19.6 Å². The van der Waals surface area contributed by atoms with E-state index in [4.69, 9.17) is 5.73 Å². The Kier molecular flexibility index (Phi) is 7.01. The molecule has 3 unspecified atom stereocenters. The summed E-state index contributed by atoms with van der Waals surface area (Å²) >= 11 is 0. The third kappa shape index (κ3) is 4.98. The van der Waals surface area contributed by atoms with Gasteiger partial charge in [0.25, 0.3) is 0 Å². The summed E-state index contributed by atoms with van der Waals surface area (Å²) in [5.41, 5.74) is 5.69. The maximum Gasteiger partial charge on any atom is 0.225 e. The molecule has 1 amide bonds. The quantitative estimate of drug-likeness (QED) is 0.842. The Bertz CT molecular complexity index is 316. The summed E-state index contributed by atoms with van der Waals surface area (Å²) in [6.07, 6.45) is 12.1. The van der Waals surface area contributed by atoms with Gasteiger partial charge in [-0.05, 0) is 56.9 Å². The van der Waals surface area contributed by atoms with Crippen molar-refractivity contribution >= 4 is 5.91 Å². The Labute approximate surface area is 130 Å². The van der Waals surface area contributed by atoms with Gasteiger partial charge in [0.1, 0.15) is 0 Å². The highest BCUT2D eigenvalue weighted by Gasteiger charge is 2.30. The lowest BCUT2D eigenvalue weighted by Gasteiger charge is -2.32. The second kappa shape index (κ2) is 8.77. The van der Waals surface area contributed by atoms with E-state index < -0.39 is 0 Å². The molecule has 1 saturated carbocycles. The van der Waals surface area contributed by atoms with Crippen molar-refractivity contribution in [3.63, 3.8) is 0 Å². The summed E-state index contributed by atoms with van der Waals surface area (Å²) in [4.78, 5) is 15.0. The van der Waals surface area contributed by atoms with Crippen molar-refractivity contribution in [3.8, 4) is 0 Å². The molecule has 0 aromatic carbocycles. The molecule has 0 radical (unpaired) electrons. The fourth-order valence-electron chi connectivity index (χ4n) is 4.35. The van der Waals surface area contributed by atoms with Gasteiger partial charge in [-0.3, -0.25) is 4.79 Å². The Hall–Kier alpha value is -0.570. The molecule has 0 aromatic rings. The van der Waals surface area contributed by atoms with Crippen molar-refractivity contribution in [2.45, 2.75) is 71.1 Å². The average molecular weight is 294 g/mol. The van der Waals surface area contributed by atoms with Crippen LogP contribution in [0.5, 0.6) is 0 Å². The van der Waals surface area contributed by atoms with Gasteiger partial charge in [-0.25, -0.2) is 0 Å². The van der Waals surface area contributed by atoms with Crippen molar-refractivity contribution in [1.29, 1.82) is 0 Å². The van der Waals surface area contributed by atoms with Crippen LogP contribution in [0.25, 0.3) is 0 Å². The molecule has 1 aliphatic heterocycles. The summed E-state index contributed by atoms with van der Waals surface area (Å²) in [7, 11) is 0. The molecule has 1 saturated heterocycles. The zero-order valence-electron chi connectivity index (χ0n) is 13.9. The number of hydrogen-bond acceptors (Lipinski definition) is 2. The smallest absolute Gasteiger partial charge is 0.225 e. The van der Waals surface area contributed by atoms with Crippen LogP contribution in [0.4, 0.5) is 0 Å². The van der Waals surface area contributed by atoms with Crippen LogP contribution in [0.2, 0.25) is 0 Å². The van der Waals surface area contributed by atoms with Crippen molar-refractivity contribution in [3.05, 3.63) is 0 Å². The second-order valence-electron chi connectivity index (χ2n) is 7.22. The number of nitrogens with zero attached hydrogens (tertiary/aromatic N) is 1. The molecular weight excluding hydrogens is 260 g/mol. The lowest BCUT2D eigenvalue weighted by molar-refractivity contribution is -0.137. The molecule has 3 heteroatoms. The molecule has 1 heterocycles. The van der Waals surface area contributed by atoms with Gasteiger partial charge >= 0.3 is 0 Å². The highest BCUT2D eigenvalue weighted by molar-refractivity contribution is 5.79. The summed E-state index contributed by atoms with van der Waals surface area (Å²) < 4.78 is 0. The number of rotatable bonds is 5. The summed E-state index contributed by atoms with van der Waals surface area (Å²) in [5, 5.41) is 0. The molecule has 3 nitrogen and oxygen atoms in total. The van der Waals surface area contributed by atoms with Gasteiger partial charge in [-0.1, -0.05) is 32.6 Å². The summed E-state index contributed by atoms with van der Waals surface area (Å²) in [6.45, 7) is 5.04. The first kappa shape index (κ1) is 16.8. The van der Waals surface area contributed by atoms with Crippen LogP contribution in [0.15, 0.2) is 0 Å². The Morgan fingerprint density at radius 3 is 2.62 bits per heavy atom. The Morgan fingerprint density at radius 1 is 1.05 bits per heavy atom. The minimum absolute atomic E-state index is 0.290. The zero-order valence-corrected chi connectivity index (χ0v) is 13.9. The van der Waals surface area contributed by atoms with Crippen LogP contribution >= 0.6 is 0 Å².